The van der Waals surface area contributed by atoms with Crippen LogP contribution in [0.5, 0.6) is 0 Å². The molecule has 4 atom stereocenters. The normalized spacial score (nSPS) is 28.9. The average molecular weight is 344 g/mol. The van der Waals surface area contributed by atoms with Gasteiger partial charge in [0.25, 0.3) is 5.91 Å². The summed E-state index contributed by atoms with van der Waals surface area (Å²) in [5.41, 5.74) is 1.31. The van der Waals surface area contributed by atoms with Gasteiger partial charge in [0.15, 0.2) is 0 Å². The smallest absolute Gasteiger partial charge is 0.254 e. The molecule has 0 bridgehead atoms. The number of aliphatic hydroxyl groups is 2. The van der Waals surface area contributed by atoms with Crippen molar-refractivity contribution in [3.05, 3.63) is 36.2 Å². The summed E-state index contributed by atoms with van der Waals surface area (Å²) in [5.74, 6) is -0.0525. The molecule has 2 saturated carbocycles. The fourth-order valence-corrected chi connectivity index (χ4v) is 3.33. The molecular formula is C16H20N6O3. The van der Waals surface area contributed by atoms with Crippen LogP contribution in [-0.4, -0.2) is 59.3 Å². The van der Waals surface area contributed by atoms with Crippen molar-refractivity contribution in [2.45, 2.75) is 50.0 Å². The standard InChI is InChI=1S/C16H20N6O3/c23-14-10(6-22-7-13(20-21-22)9-1-2-9)3-12(15(14)24)19-16(25)11-4-17-8-18-5-11/h4-5,7-10,12,14-15,23-24H,1-3,6H2,(H,19,25)/t10-,12-,14-,15+/m1/s1. The lowest BCUT2D eigenvalue weighted by molar-refractivity contribution is 0.00761. The molecule has 2 aliphatic rings. The van der Waals surface area contributed by atoms with E-state index in [4.69, 9.17) is 0 Å². The van der Waals surface area contributed by atoms with Crippen LogP contribution in [0.1, 0.15) is 41.2 Å². The first-order valence-corrected chi connectivity index (χ1v) is 8.44. The van der Waals surface area contributed by atoms with Gasteiger partial charge in [0, 0.05) is 37.0 Å². The highest BCUT2D eigenvalue weighted by Crippen LogP contribution is 2.38. The van der Waals surface area contributed by atoms with E-state index in [1.165, 1.54) is 18.7 Å². The Hall–Kier alpha value is -2.39. The Bertz CT molecular complexity index is 747. The molecule has 132 valence electrons. The quantitative estimate of drug-likeness (QED) is 0.666. The number of carbonyl (C=O) groups is 1. The first-order chi connectivity index (χ1) is 12.1. The van der Waals surface area contributed by atoms with Crippen molar-refractivity contribution in [1.82, 2.24) is 30.3 Å². The molecule has 2 fully saturated rings. The fourth-order valence-electron chi connectivity index (χ4n) is 3.33. The Labute approximate surface area is 144 Å². The van der Waals surface area contributed by atoms with Gasteiger partial charge in [0.2, 0.25) is 0 Å². The van der Waals surface area contributed by atoms with Gasteiger partial charge in [-0.15, -0.1) is 5.10 Å². The highest BCUT2D eigenvalue weighted by Gasteiger charge is 2.42. The zero-order chi connectivity index (χ0) is 17.4. The predicted molar refractivity (Wildman–Crippen MR) is 85.4 cm³/mol. The van der Waals surface area contributed by atoms with E-state index in [-0.39, 0.29) is 11.8 Å². The molecule has 3 N–H and O–H groups in total. The van der Waals surface area contributed by atoms with Crippen LogP contribution < -0.4 is 5.32 Å². The van der Waals surface area contributed by atoms with Crippen LogP contribution in [0.2, 0.25) is 0 Å². The van der Waals surface area contributed by atoms with Crippen molar-refractivity contribution in [2.75, 3.05) is 0 Å². The molecule has 0 spiro atoms. The predicted octanol–water partition coefficient (Wildman–Crippen LogP) is -0.514. The Morgan fingerprint density at radius 3 is 2.72 bits per heavy atom. The molecule has 2 aromatic heterocycles. The van der Waals surface area contributed by atoms with E-state index in [9.17, 15) is 15.0 Å². The number of hydrogen-bond acceptors (Lipinski definition) is 7. The van der Waals surface area contributed by atoms with Gasteiger partial charge in [0.1, 0.15) is 12.4 Å². The molecule has 0 saturated heterocycles. The van der Waals surface area contributed by atoms with Crippen LogP contribution >= 0.6 is 0 Å². The van der Waals surface area contributed by atoms with E-state index in [2.05, 4.69) is 25.6 Å². The Kier molecular flexibility index (Phi) is 4.18. The summed E-state index contributed by atoms with van der Waals surface area (Å²) in [7, 11) is 0. The third-order valence-electron chi connectivity index (χ3n) is 4.91. The number of rotatable bonds is 5. The molecule has 0 aliphatic heterocycles. The summed E-state index contributed by atoms with van der Waals surface area (Å²) in [4.78, 5) is 19.8. The van der Waals surface area contributed by atoms with Gasteiger partial charge in [-0.3, -0.25) is 9.48 Å². The first kappa shape index (κ1) is 16.1. The number of aliphatic hydroxyl groups excluding tert-OH is 2. The highest BCUT2D eigenvalue weighted by atomic mass is 16.3. The molecule has 2 heterocycles. The first-order valence-electron chi connectivity index (χ1n) is 8.44. The lowest BCUT2D eigenvalue weighted by Crippen LogP contribution is -2.43. The highest BCUT2D eigenvalue weighted by molar-refractivity contribution is 5.93. The van der Waals surface area contributed by atoms with Crippen molar-refractivity contribution in [1.29, 1.82) is 0 Å². The van der Waals surface area contributed by atoms with Gasteiger partial charge in [-0.2, -0.15) is 0 Å². The van der Waals surface area contributed by atoms with Gasteiger partial charge in [-0.05, 0) is 19.3 Å². The van der Waals surface area contributed by atoms with E-state index in [0.29, 0.717) is 24.4 Å². The van der Waals surface area contributed by atoms with E-state index < -0.39 is 18.2 Å². The van der Waals surface area contributed by atoms with Gasteiger partial charge in [-0.1, -0.05) is 5.21 Å². The lowest BCUT2D eigenvalue weighted by Gasteiger charge is -2.18. The molecule has 2 aromatic rings. The van der Waals surface area contributed by atoms with Crippen molar-refractivity contribution >= 4 is 5.91 Å². The topological polar surface area (TPSA) is 126 Å². The summed E-state index contributed by atoms with van der Waals surface area (Å²) in [6.07, 6.45) is 6.88. The van der Waals surface area contributed by atoms with Crippen LogP contribution in [0.3, 0.4) is 0 Å². The van der Waals surface area contributed by atoms with Crippen molar-refractivity contribution in [3.8, 4) is 0 Å². The molecule has 0 aromatic carbocycles. The summed E-state index contributed by atoms with van der Waals surface area (Å²) in [6.45, 7) is 0.457. The molecular weight excluding hydrogens is 324 g/mol. The third kappa shape index (κ3) is 3.38. The maximum Gasteiger partial charge on any atom is 0.254 e. The third-order valence-corrected chi connectivity index (χ3v) is 4.91. The van der Waals surface area contributed by atoms with E-state index in [0.717, 1.165) is 18.5 Å². The molecule has 0 unspecified atom stereocenters. The van der Waals surface area contributed by atoms with E-state index in [1.54, 1.807) is 4.68 Å². The van der Waals surface area contributed by atoms with Crippen LogP contribution in [-0.2, 0) is 6.54 Å². The van der Waals surface area contributed by atoms with Crippen LogP contribution in [0.25, 0.3) is 0 Å². The van der Waals surface area contributed by atoms with Crippen molar-refractivity contribution in [3.63, 3.8) is 0 Å². The maximum absolute atomic E-state index is 12.2. The molecule has 2 aliphatic carbocycles. The van der Waals surface area contributed by atoms with E-state index in [1.807, 2.05) is 6.20 Å². The number of amides is 1. The SMILES string of the molecule is O=C(N[C@@H]1C[C@H](Cn2cc(C3CC3)nn2)[C@@H](O)[C@H]1O)c1cncnc1. The largest absolute Gasteiger partial charge is 0.390 e. The Morgan fingerprint density at radius 1 is 1.24 bits per heavy atom. The molecule has 4 rings (SSSR count). The zero-order valence-electron chi connectivity index (χ0n) is 13.6. The Morgan fingerprint density at radius 2 is 2.00 bits per heavy atom. The fraction of sp³-hybridized carbons (Fsp3) is 0.562. The van der Waals surface area contributed by atoms with Crippen LogP contribution in [0.15, 0.2) is 24.9 Å². The van der Waals surface area contributed by atoms with Gasteiger partial charge in [0.05, 0.1) is 23.4 Å². The molecule has 9 nitrogen and oxygen atoms in total. The summed E-state index contributed by atoms with van der Waals surface area (Å²) < 4.78 is 1.71. The molecule has 1 amide bonds. The minimum Gasteiger partial charge on any atom is -0.390 e. The number of nitrogens with zero attached hydrogens (tertiary/aromatic N) is 5. The molecule has 9 heteroatoms. The monoisotopic (exact) mass is 344 g/mol. The number of nitrogens with one attached hydrogen (secondary N) is 1. The number of hydrogen-bond donors (Lipinski definition) is 3. The van der Waals surface area contributed by atoms with Crippen LogP contribution in [0, 0.1) is 5.92 Å². The minimum absolute atomic E-state index is 0.207. The summed E-state index contributed by atoms with van der Waals surface area (Å²) in [5, 5.41) is 31.6. The second-order valence-corrected chi connectivity index (χ2v) is 6.82. The van der Waals surface area contributed by atoms with Gasteiger partial charge in [-0.25, -0.2) is 9.97 Å². The van der Waals surface area contributed by atoms with Crippen LogP contribution in [0.4, 0.5) is 0 Å². The van der Waals surface area contributed by atoms with Gasteiger partial charge < -0.3 is 15.5 Å². The second-order valence-electron chi connectivity index (χ2n) is 6.82. The maximum atomic E-state index is 12.2. The average Bonchev–Trinajstić information content (AvgIpc) is 3.33. The van der Waals surface area contributed by atoms with Gasteiger partial charge >= 0.3 is 0 Å². The second kappa shape index (κ2) is 6.49. The Balaban J connectivity index is 1.39. The number of aromatic nitrogens is 5. The van der Waals surface area contributed by atoms with Crippen molar-refractivity contribution in [2.24, 2.45) is 5.92 Å². The zero-order valence-corrected chi connectivity index (χ0v) is 13.6. The molecule has 25 heavy (non-hydrogen) atoms. The molecule has 0 radical (unpaired) electrons. The lowest BCUT2D eigenvalue weighted by atomic mass is 10.1. The summed E-state index contributed by atoms with van der Waals surface area (Å²) >= 11 is 0. The summed E-state index contributed by atoms with van der Waals surface area (Å²) in [6, 6.07) is -0.529. The number of carbonyl (C=O) groups excluding carboxylic acids is 1. The van der Waals surface area contributed by atoms with E-state index >= 15 is 0 Å². The minimum atomic E-state index is -1.02. The van der Waals surface area contributed by atoms with Crippen molar-refractivity contribution < 1.29 is 15.0 Å².